The van der Waals surface area contributed by atoms with E-state index in [2.05, 4.69) is 6.92 Å². The second-order valence-electron chi connectivity index (χ2n) is 5.80. The third-order valence-corrected chi connectivity index (χ3v) is 4.17. The first-order valence-corrected chi connectivity index (χ1v) is 7.96. The number of unbranched alkanes of at least 4 members (excludes halogenated alkanes) is 7. The Kier molecular flexibility index (Phi) is 8.32. The molecule has 0 heterocycles. The summed E-state index contributed by atoms with van der Waals surface area (Å²) in [7, 11) is 0. The normalized spacial score (nSPS) is 21.4. The molecule has 0 bridgehead atoms. The highest BCUT2D eigenvalue weighted by atomic mass is 16.3. The van der Waals surface area contributed by atoms with Crippen molar-refractivity contribution in [3.05, 3.63) is 0 Å². The van der Waals surface area contributed by atoms with E-state index >= 15 is 0 Å². The standard InChI is InChI=1S/C16H30O2/c1-2-3-4-5-6-7-8-9-12-15(17)14-11-10-13-16(14)18/h14-15,17H,2-13H2,1H3/t14-,15-/m0/s1. The lowest BCUT2D eigenvalue weighted by Gasteiger charge is -2.16. The molecule has 1 saturated carbocycles. The minimum absolute atomic E-state index is 0.0328. The molecule has 2 atom stereocenters. The highest BCUT2D eigenvalue weighted by Gasteiger charge is 2.30. The minimum Gasteiger partial charge on any atom is -0.392 e. The van der Waals surface area contributed by atoms with Gasteiger partial charge in [0.15, 0.2) is 0 Å². The summed E-state index contributed by atoms with van der Waals surface area (Å²) < 4.78 is 0. The number of aliphatic hydroxyl groups is 1. The first kappa shape index (κ1) is 15.7. The molecule has 106 valence electrons. The van der Waals surface area contributed by atoms with Crippen molar-refractivity contribution in [2.75, 3.05) is 0 Å². The van der Waals surface area contributed by atoms with Gasteiger partial charge in [-0.25, -0.2) is 0 Å². The van der Waals surface area contributed by atoms with Crippen LogP contribution in [-0.2, 0) is 4.79 Å². The molecule has 0 saturated heterocycles. The van der Waals surface area contributed by atoms with Crippen LogP contribution in [0.25, 0.3) is 0 Å². The predicted octanol–water partition coefficient (Wildman–Crippen LogP) is 4.25. The lowest BCUT2D eigenvalue weighted by atomic mass is 9.95. The molecular formula is C16H30O2. The van der Waals surface area contributed by atoms with Gasteiger partial charge in [-0.1, -0.05) is 58.3 Å². The lowest BCUT2D eigenvalue weighted by Crippen LogP contribution is -2.23. The molecule has 18 heavy (non-hydrogen) atoms. The summed E-state index contributed by atoms with van der Waals surface area (Å²) in [4.78, 5) is 11.5. The van der Waals surface area contributed by atoms with Crippen LogP contribution in [0.15, 0.2) is 0 Å². The number of carbonyl (C=O) groups is 1. The van der Waals surface area contributed by atoms with E-state index in [1.165, 1.54) is 44.9 Å². The lowest BCUT2D eigenvalue weighted by molar-refractivity contribution is -0.123. The summed E-state index contributed by atoms with van der Waals surface area (Å²) in [5.74, 6) is 0.261. The van der Waals surface area contributed by atoms with Crippen molar-refractivity contribution in [3.8, 4) is 0 Å². The Morgan fingerprint density at radius 2 is 1.72 bits per heavy atom. The molecule has 0 aromatic heterocycles. The fourth-order valence-electron chi connectivity index (χ4n) is 2.94. The maximum Gasteiger partial charge on any atom is 0.138 e. The Labute approximate surface area is 112 Å². The molecule has 0 radical (unpaired) electrons. The Balaban J connectivity index is 1.92. The fourth-order valence-corrected chi connectivity index (χ4v) is 2.94. The number of aliphatic hydroxyl groups excluding tert-OH is 1. The van der Waals surface area contributed by atoms with Crippen LogP contribution in [0.2, 0.25) is 0 Å². The van der Waals surface area contributed by atoms with Crippen LogP contribution in [0.4, 0.5) is 0 Å². The van der Waals surface area contributed by atoms with E-state index in [-0.39, 0.29) is 12.0 Å². The highest BCUT2D eigenvalue weighted by molar-refractivity contribution is 5.83. The van der Waals surface area contributed by atoms with Crippen LogP contribution in [0, 0.1) is 5.92 Å². The molecule has 0 aromatic rings. The average Bonchev–Trinajstić information content (AvgIpc) is 2.79. The van der Waals surface area contributed by atoms with Crippen molar-refractivity contribution >= 4 is 5.78 Å². The van der Waals surface area contributed by atoms with E-state index in [9.17, 15) is 9.90 Å². The summed E-state index contributed by atoms with van der Waals surface area (Å²) >= 11 is 0. The van der Waals surface area contributed by atoms with E-state index < -0.39 is 0 Å². The van der Waals surface area contributed by atoms with Gasteiger partial charge < -0.3 is 5.11 Å². The van der Waals surface area contributed by atoms with Crippen LogP contribution < -0.4 is 0 Å². The zero-order valence-corrected chi connectivity index (χ0v) is 12.0. The fraction of sp³-hybridized carbons (Fsp3) is 0.938. The quantitative estimate of drug-likeness (QED) is 0.592. The van der Waals surface area contributed by atoms with Gasteiger partial charge in [0.05, 0.1) is 6.10 Å². The second-order valence-corrected chi connectivity index (χ2v) is 5.80. The van der Waals surface area contributed by atoms with Crippen LogP contribution in [0.3, 0.4) is 0 Å². The Hall–Kier alpha value is -0.370. The SMILES string of the molecule is CCCCCCCCCC[C@H](O)[C@@H]1CCCC1=O. The topological polar surface area (TPSA) is 37.3 Å². The minimum atomic E-state index is -0.361. The highest BCUT2D eigenvalue weighted by Crippen LogP contribution is 2.27. The van der Waals surface area contributed by atoms with Crippen LogP contribution in [0.1, 0.15) is 84.0 Å². The van der Waals surface area contributed by atoms with E-state index in [0.717, 1.165) is 25.7 Å². The van der Waals surface area contributed by atoms with E-state index in [1.807, 2.05) is 0 Å². The van der Waals surface area contributed by atoms with Crippen molar-refractivity contribution < 1.29 is 9.90 Å². The number of rotatable bonds is 10. The maximum absolute atomic E-state index is 11.5. The molecule has 0 aromatic carbocycles. The molecular weight excluding hydrogens is 224 g/mol. The monoisotopic (exact) mass is 254 g/mol. The number of hydrogen-bond donors (Lipinski definition) is 1. The third kappa shape index (κ3) is 5.99. The van der Waals surface area contributed by atoms with Gasteiger partial charge in [-0.15, -0.1) is 0 Å². The maximum atomic E-state index is 11.5. The molecule has 0 aliphatic heterocycles. The van der Waals surface area contributed by atoms with Crippen LogP contribution in [0.5, 0.6) is 0 Å². The summed E-state index contributed by atoms with van der Waals surface area (Å²) in [6.07, 6.45) is 13.4. The van der Waals surface area contributed by atoms with Gasteiger partial charge in [-0.3, -0.25) is 4.79 Å². The summed E-state index contributed by atoms with van der Waals surface area (Å²) in [6.45, 7) is 2.24. The zero-order chi connectivity index (χ0) is 13.2. The van der Waals surface area contributed by atoms with Gasteiger partial charge in [0.2, 0.25) is 0 Å². The Morgan fingerprint density at radius 1 is 1.11 bits per heavy atom. The second kappa shape index (κ2) is 9.55. The van der Waals surface area contributed by atoms with E-state index in [1.54, 1.807) is 0 Å². The summed E-state index contributed by atoms with van der Waals surface area (Å²) in [5.41, 5.74) is 0. The summed E-state index contributed by atoms with van der Waals surface area (Å²) in [6, 6.07) is 0. The first-order valence-electron chi connectivity index (χ1n) is 7.96. The number of carbonyl (C=O) groups excluding carboxylic acids is 1. The van der Waals surface area contributed by atoms with Crippen molar-refractivity contribution in [2.45, 2.75) is 90.1 Å². The van der Waals surface area contributed by atoms with Gasteiger partial charge in [0, 0.05) is 12.3 Å². The average molecular weight is 254 g/mol. The van der Waals surface area contributed by atoms with Crippen molar-refractivity contribution in [1.29, 1.82) is 0 Å². The number of hydrogen-bond acceptors (Lipinski definition) is 2. The molecule has 1 aliphatic carbocycles. The molecule has 1 fully saturated rings. The van der Waals surface area contributed by atoms with Crippen LogP contribution >= 0.6 is 0 Å². The Morgan fingerprint density at radius 3 is 2.28 bits per heavy atom. The number of Topliss-reactive ketones (excluding diaryl/α,β-unsaturated/α-hetero) is 1. The molecule has 0 amide bonds. The molecule has 0 unspecified atom stereocenters. The van der Waals surface area contributed by atoms with E-state index in [4.69, 9.17) is 0 Å². The van der Waals surface area contributed by atoms with Gasteiger partial charge in [-0.05, 0) is 19.3 Å². The Bertz CT molecular complexity index is 225. The van der Waals surface area contributed by atoms with Crippen LogP contribution in [-0.4, -0.2) is 17.0 Å². The van der Waals surface area contributed by atoms with Gasteiger partial charge >= 0.3 is 0 Å². The molecule has 1 aliphatic rings. The number of ketones is 1. The molecule has 2 heteroatoms. The zero-order valence-electron chi connectivity index (χ0n) is 12.0. The molecule has 0 spiro atoms. The van der Waals surface area contributed by atoms with Gasteiger partial charge in [-0.2, -0.15) is 0 Å². The van der Waals surface area contributed by atoms with E-state index in [0.29, 0.717) is 12.2 Å². The summed E-state index contributed by atoms with van der Waals surface area (Å²) in [5, 5.41) is 9.97. The molecule has 1 N–H and O–H groups in total. The van der Waals surface area contributed by atoms with Crippen molar-refractivity contribution in [1.82, 2.24) is 0 Å². The molecule has 2 nitrogen and oxygen atoms in total. The van der Waals surface area contributed by atoms with Crippen molar-refractivity contribution in [2.24, 2.45) is 5.92 Å². The van der Waals surface area contributed by atoms with Gasteiger partial charge in [0.25, 0.3) is 0 Å². The third-order valence-electron chi connectivity index (χ3n) is 4.17. The van der Waals surface area contributed by atoms with Crippen molar-refractivity contribution in [3.63, 3.8) is 0 Å². The largest absolute Gasteiger partial charge is 0.392 e. The van der Waals surface area contributed by atoms with Gasteiger partial charge in [0.1, 0.15) is 5.78 Å². The first-order chi connectivity index (χ1) is 8.75. The molecule has 1 rings (SSSR count). The smallest absolute Gasteiger partial charge is 0.138 e. The predicted molar refractivity (Wildman–Crippen MR) is 75.6 cm³/mol.